The lowest BCUT2D eigenvalue weighted by atomic mass is 10.2. The molecule has 0 saturated carbocycles. The van der Waals surface area contributed by atoms with E-state index in [-0.39, 0.29) is 11.9 Å². The molecule has 1 aromatic rings. The second kappa shape index (κ2) is 4.93. The van der Waals surface area contributed by atoms with Crippen molar-refractivity contribution in [3.8, 4) is 0 Å². The van der Waals surface area contributed by atoms with Crippen LogP contribution in [0.15, 0.2) is 4.42 Å². The Bertz CT molecular complexity index is 327. The maximum atomic E-state index is 10.6. The molecular formula is C10H17N3O2. The molecule has 1 atom stereocenters. The summed E-state index contributed by atoms with van der Waals surface area (Å²) in [6.45, 7) is 6.18. The van der Waals surface area contributed by atoms with E-state index in [0.717, 1.165) is 11.5 Å². The largest absolute Gasteiger partial charge is 0.444 e. The Kier molecular flexibility index (Phi) is 3.85. The standard InChI is InChI=1S/C10H17N3O2/c1-6(4-9(11)14)12-5-10-13-7(2)8(3)15-10/h6,12H,4-5H2,1-3H3,(H2,11,14). The van der Waals surface area contributed by atoms with Gasteiger partial charge in [0.2, 0.25) is 11.8 Å². The number of hydrogen-bond acceptors (Lipinski definition) is 4. The van der Waals surface area contributed by atoms with Crippen LogP contribution < -0.4 is 11.1 Å². The summed E-state index contributed by atoms with van der Waals surface area (Å²) < 4.78 is 5.38. The maximum absolute atomic E-state index is 10.6. The van der Waals surface area contributed by atoms with Gasteiger partial charge in [0.1, 0.15) is 5.76 Å². The predicted molar refractivity (Wildman–Crippen MR) is 56.1 cm³/mol. The molecule has 0 bridgehead atoms. The first kappa shape index (κ1) is 11.7. The minimum absolute atomic E-state index is 0.0370. The van der Waals surface area contributed by atoms with Crippen molar-refractivity contribution in [2.75, 3.05) is 0 Å². The molecule has 84 valence electrons. The van der Waals surface area contributed by atoms with Gasteiger partial charge < -0.3 is 15.5 Å². The molecule has 1 unspecified atom stereocenters. The Morgan fingerprint density at radius 2 is 2.27 bits per heavy atom. The van der Waals surface area contributed by atoms with Crippen LogP contribution in [0.4, 0.5) is 0 Å². The first-order valence-electron chi connectivity index (χ1n) is 4.93. The van der Waals surface area contributed by atoms with E-state index in [1.807, 2.05) is 20.8 Å². The number of nitrogens with two attached hydrogens (primary N) is 1. The molecule has 1 heterocycles. The number of carbonyl (C=O) groups excluding carboxylic acids is 1. The number of nitrogens with zero attached hydrogens (tertiary/aromatic N) is 1. The van der Waals surface area contributed by atoms with Gasteiger partial charge in [-0.05, 0) is 20.8 Å². The van der Waals surface area contributed by atoms with Crippen LogP contribution in [0, 0.1) is 13.8 Å². The molecule has 0 spiro atoms. The summed E-state index contributed by atoms with van der Waals surface area (Å²) in [6.07, 6.45) is 0.318. The number of hydrogen-bond donors (Lipinski definition) is 2. The van der Waals surface area contributed by atoms with Gasteiger partial charge in [0.15, 0.2) is 0 Å². The smallest absolute Gasteiger partial charge is 0.218 e. The lowest BCUT2D eigenvalue weighted by Crippen LogP contribution is -2.30. The minimum atomic E-state index is -0.310. The second-order valence-corrected chi connectivity index (χ2v) is 3.70. The molecule has 1 amide bonds. The average Bonchev–Trinajstić information content (AvgIpc) is 2.42. The maximum Gasteiger partial charge on any atom is 0.218 e. The molecule has 0 aromatic carbocycles. The van der Waals surface area contributed by atoms with Gasteiger partial charge in [0.05, 0.1) is 12.2 Å². The van der Waals surface area contributed by atoms with Gasteiger partial charge in [-0.25, -0.2) is 4.98 Å². The third-order valence-corrected chi connectivity index (χ3v) is 2.18. The van der Waals surface area contributed by atoms with Crippen molar-refractivity contribution in [2.24, 2.45) is 5.73 Å². The number of nitrogens with one attached hydrogen (secondary N) is 1. The van der Waals surface area contributed by atoms with Crippen LogP contribution in [0.5, 0.6) is 0 Å². The molecule has 5 heteroatoms. The zero-order valence-corrected chi connectivity index (χ0v) is 9.33. The van der Waals surface area contributed by atoms with Gasteiger partial charge >= 0.3 is 0 Å². The minimum Gasteiger partial charge on any atom is -0.444 e. The Balaban J connectivity index is 2.40. The monoisotopic (exact) mass is 211 g/mol. The first-order valence-corrected chi connectivity index (χ1v) is 4.93. The summed E-state index contributed by atoms with van der Waals surface area (Å²) in [6, 6.07) is 0.0370. The highest BCUT2D eigenvalue weighted by molar-refractivity contribution is 5.74. The van der Waals surface area contributed by atoms with Crippen LogP contribution in [0.3, 0.4) is 0 Å². The van der Waals surface area contributed by atoms with Gasteiger partial charge in [-0.2, -0.15) is 0 Å². The molecule has 15 heavy (non-hydrogen) atoms. The predicted octanol–water partition coefficient (Wildman–Crippen LogP) is 0.645. The van der Waals surface area contributed by atoms with E-state index >= 15 is 0 Å². The molecule has 5 nitrogen and oxygen atoms in total. The molecule has 0 fully saturated rings. The highest BCUT2D eigenvalue weighted by Gasteiger charge is 2.08. The Morgan fingerprint density at radius 1 is 1.60 bits per heavy atom. The van der Waals surface area contributed by atoms with Gasteiger partial charge in [0, 0.05) is 12.5 Å². The Hall–Kier alpha value is -1.36. The quantitative estimate of drug-likeness (QED) is 0.749. The number of rotatable bonds is 5. The van der Waals surface area contributed by atoms with E-state index in [4.69, 9.17) is 10.2 Å². The topological polar surface area (TPSA) is 81.1 Å². The number of aromatic nitrogens is 1. The number of oxazole rings is 1. The molecule has 0 radical (unpaired) electrons. The van der Waals surface area contributed by atoms with Crippen molar-refractivity contribution in [3.05, 3.63) is 17.3 Å². The zero-order valence-electron chi connectivity index (χ0n) is 9.33. The van der Waals surface area contributed by atoms with E-state index in [0.29, 0.717) is 18.9 Å². The van der Waals surface area contributed by atoms with Gasteiger partial charge in [-0.1, -0.05) is 0 Å². The van der Waals surface area contributed by atoms with E-state index in [1.165, 1.54) is 0 Å². The summed E-state index contributed by atoms with van der Waals surface area (Å²) in [4.78, 5) is 14.8. The molecule has 0 aliphatic rings. The van der Waals surface area contributed by atoms with E-state index < -0.39 is 0 Å². The van der Waals surface area contributed by atoms with Crippen LogP contribution >= 0.6 is 0 Å². The normalized spacial score (nSPS) is 12.7. The lowest BCUT2D eigenvalue weighted by molar-refractivity contribution is -0.118. The fourth-order valence-electron chi connectivity index (χ4n) is 1.25. The highest BCUT2D eigenvalue weighted by atomic mass is 16.4. The van der Waals surface area contributed by atoms with Crippen molar-refractivity contribution in [2.45, 2.75) is 39.8 Å². The third-order valence-electron chi connectivity index (χ3n) is 2.18. The van der Waals surface area contributed by atoms with E-state index in [2.05, 4.69) is 10.3 Å². The van der Waals surface area contributed by atoms with Crippen molar-refractivity contribution in [1.29, 1.82) is 0 Å². The van der Waals surface area contributed by atoms with Gasteiger partial charge in [-0.15, -0.1) is 0 Å². The van der Waals surface area contributed by atoms with Gasteiger partial charge in [0.25, 0.3) is 0 Å². The average molecular weight is 211 g/mol. The Morgan fingerprint density at radius 3 is 2.73 bits per heavy atom. The molecule has 1 rings (SSSR count). The summed E-state index contributed by atoms with van der Waals surface area (Å²) in [5.41, 5.74) is 5.97. The van der Waals surface area contributed by atoms with Crippen LogP contribution in [0.25, 0.3) is 0 Å². The van der Waals surface area contributed by atoms with Crippen LogP contribution in [-0.2, 0) is 11.3 Å². The highest BCUT2D eigenvalue weighted by Crippen LogP contribution is 2.08. The second-order valence-electron chi connectivity index (χ2n) is 3.70. The number of amides is 1. The van der Waals surface area contributed by atoms with Crippen LogP contribution in [0.2, 0.25) is 0 Å². The Labute approximate surface area is 89.1 Å². The first-order chi connectivity index (χ1) is 6.99. The third kappa shape index (κ3) is 3.71. The molecule has 0 aliphatic carbocycles. The van der Waals surface area contributed by atoms with Crippen molar-refractivity contribution < 1.29 is 9.21 Å². The number of carbonyl (C=O) groups is 1. The van der Waals surface area contributed by atoms with Crippen molar-refractivity contribution in [1.82, 2.24) is 10.3 Å². The summed E-state index contributed by atoms with van der Waals surface area (Å²) in [5.74, 6) is 1.16. The van der Waals surface area contributed by atoms with Crippen LogP contribution in [0.1, 0.15) is 30.7 Å². The van der Waals surface area contributed by atoms with E-state index in [1.54, 1.807) is 0 Å². The molecule has 0 aliphatic heterocycles. The summed E-state index contributed by atoms with van der Waals surface area (Å²) >= 11 is 0. The molecular weight excluding hydrogens is 194 g/mol. The fourth-order valence-corrected chi connectivity index (χ4v) is 1.25. The molecule has 3 N–H and O–H groups in total. The van der Waals surface area contributed by atoms with Gasteiger partial charge in [-0.3, -0.25) is 4.79 Å². The number of aryl methyl sites for hydroxylation is 2. The molecule has 1 aromatic heterocycles. The summed E-state index contributed by atoms with van der Waals surface area (Å²) in [5, 5.41) is 3.11. The fraction of sp³-hybridized carbons (Fsp3) is 0.600. The lowest BCUT2D eigenvalue weighted by Gasteiger charge is -2.09. The zero-order chi connectivity index (χ0) is 11.4. The SMILES string of the molecule is Cc1nc(CNC(C)CC(N)=O)oc1C. The van der Waals surface area contributed by atoms with Crippen molar-refractivity contribution in [3.63, 3.8) is 0 Å². The summed E-state index contributed by atoms with van der Waals surface area (Å²) in [7, 11) is 0. The van der Waals surface area contributed by atoms with Crippen molar-refractivity contribution >= 4 is 5.91 Å². The number of primary amides is 1. The van der Waals surface area contributed by atoms with Crippen LogP contribution in [-0.4, -0.2) is 16.9 Å². The molecule has 0 saturated heterocycles. The van der Waals surface area contributed by atoms with E-state index in [9.17, 15) is 4.79 Å².